The summed E-state index contributed by atoms with van der Waals surface area (Å²) < 4.78 is 11.1. The highest BCUT2D eigenvalue weighted by Gasteiger charge is 2.36. The van der Waals surface area contributed by atoms with E-state index in [1.54, 1.807) is 24.0 Å². The summed E-state index contributed by atoms with van der Waals surface area (Å²) in [6.45, 7) is 2.02. The van der Waals surface area contributed by atoms with Crippen LogP contribution < -0.4 is 9.47 Å². The van der Waals surface area contributed by atoms with Crippen molar-refractivity contribution in [2.45, 2.75) is 6.92 Å². The Hall–Kier alpha value is -5.03. The zero-order chi connectivity index (χ0) is 27.5. The van der Waals surface area contributed by atoms with E-state index in [0.717, 1.165) is 17.3 Å². The fourth-order valence-corrected chi connectivity index (χ4v) is 4.84. The van der Waals surface area contributed by atoms with Gasteiger partial charge >= 0.3 is 5.97 Å². The van der Waals surface area contributed by atoms with E-state index in [-0.39, 0.29) is 40.8 Å². The van der Waals surface area contributed by atoms with E-state index in [1.807, 2.05) is 35.7 Å². The lowest BCUT2D eigenvalue weighted by atomic mass is 10.1. The lowest BCUT2D eigenvalue weighted by Gasteiger charge is -2.27. The summed E-state index contributed by atoms with van der Waals surface area (Å²) in [7, 11) is 0. The second-order valence-corrected chi connectivity index (χ2v) is 9.10. The quantitative estimate of drug-likeness (QED) is 0.136. The van der Waals surface area contributed by atoms with Crippen molar-refractivity contribution in [1.29, 1.82) is 5.41 Å². The van der Waals surface area contributed by atoms with Crippen LogP contribution in [-0.4, -0.2) is 39.3 Å². The number of nitro groups is 1. The number of amidine groups is 2. The number of aliphatic imine (C=N–C) groups is 1. The Morgan fingerprint density at radius 1 is 1.10 bits per heavy atom. The van der Waals surface area contributed by atoms with Crippen molar-refractivity contribution in [3.63, 3.8) is 0 Å². The van der Waals surface area contributed by atoms with Crippen molar-refractivity contribution < 1.29 is 24.0 Å². The molecule has 0 fully saturated rings. The number of carbonyl (C=O) groups excluding carboxylic acids is 2. The summed E-state index contributed by atoms with van der Waals surface area (Å²) in [5.74, 6) is -1.01. The second-order valence-electron chi connectivity index (χ2n) is 8.26. The van der Waals surface area contributed by atoms with E-state index < -0.39 is 16.8 Å². The summed E-state index contributed by atoms with van der Waals surface area (Å²) in [6, 6.07) is 19.4. The molecule has 2 aliphatic heterocycles. The standard InChI is InChI=1S/C28H20N4O6S/c1-2-37-24-14-17(11-12-23(24)38-27(34)19-9-6-10-20(15-19)32(35)36)13-21-25(29)31-22(18-7-4-3-5-8-18)16-39-28(31)30-26(21)33/h3-16,29H,2H2,1H3. The minimum atomic E-state index is -0.788. The summed E-state index contributed by atoms with van der Waals surface area (Å²) >= 11 is 1.28. The Labute approximate surface area is 226 Å². The number of amides is 1. The number of nitrogens with one attached hydrogen (secondary N) is 1. The van der Waals surface area contributed by atoms with Crippen LogP contribution in [0.1, 0.15) is 28.4 Å². The zero-order valence-corrected chi connectivity index (χ0v) is 21.3. The molecule has 5 rings (SSSR count). The van der Waals surface area contributed by atoms with Gasteiger partial charge in [-0.3, -0.25) is 25.2 Å². The van der Waals surface area contributed by atoms with Crippen LogP contribution in [0.25, 0.3) is 11.8 Å². The molecule has 0 saturated carbocycles. The maximum absolute atomic E-state index is 12.8. The average molecular weight is 541 g/mol. The lowest BCUT2D eigenvalue weighted by Crippen LogP contribution is -2.38. The topological polar surface area (TPSA) is 135 Å². The fraction of sp³-hybridized carbons (Fsp3) is 0.0714. The van der Waals surface area contributed by atoms with Gasteiger partial charge in [0.2, 0.25) is 0 Å². The van der Waals surface area contributed by atoms with E-state index in [2.05, 4.69) is 4.99 Å². The Balaban J connectivity index is 1.43. The second kappa shape index (κ2) is 10.8. The Morgan fingerprint density at radius 3 is 2.64 bits per heavy atom. The monoisotopic (exact) mass is 540 g/mol. The van der Waals surface area contributed by atoms with Crippen molar-refractivity contribution in [2.24, 2.45) is 4.99 Å². The van der Waals surface area contributed by atoms with Gasteiger partial charge in [0.25, 0.3) is 11.6 Å². The van der Waals surface area contributed by atoms with Crippen LogP contribution in [0.5, 0.6) is 11.5 Å². The SMILES string of the molecule is CCOc1cc(C=C2C(=N)N3C(c4ccccc4)=CSC3=NC2=O)ccc1OC(=O)c1cccc([N+](=O)[O-])c1. The normalized spacial score (nSPS) is 15.5. The van der Waals surface area contributed by atoms with Crippen molar-refractivity contribution in [3.05, 3.63) is 111 Å². The van der Waals surface area contributed by atoms with Crippen LogP contribution in [0.4, 0.5) is 5.69 Å². The smallest absolute Gasteiger partial charge is 0.343 e. The highest BCUT2D eigenvalue weighted by molar-refractivity contribution is 8.17. The number of benzene rings is 3. The number of hydrogen-bond donors (Lipinski definition) is 1. The molecule has 10 nitrogen and oxygen atoms in total. The Bertz CT molecular complexity index is 1610. The molecule has 0 aromatic heterocycles. The third-order valence-corrected chi connectivity index (χ3v) is 6.58. The van der Waals surface area contributed by atoms with Crippen LogP contribution in [0.2, 0.25) is 0 Å². The van der Waals surface area contributed by atoms with Gasteiger partial charge in [-0.15, -0.1) is 0 Å². The van der Waals surface area contributed by atoms with Crippen LogP contribution in [-0.2, 0) is 4.79 Å². The van der Waals surface area contributed by atoms with E-state index in [9.17, 15) is 19.7 Å². The minimum Gasteiger partial charge on any atom is -0.490 e. The first-order valence-corrected chi connectivity index (χ1v) is 12.6. The minimum absolute atomic E-state index is 0.00996. The molecule has 11 heteroatoms. The van der Waals surface area contributed by atoms with E-state index in [4.69, 9.17) is 14.9 Å². The first-order chi connectivity index (χ1) is 18.9. The molecule has 3 aromatic rings. The van der Waals surface area contributed by atoms with Gasteiger partial charge < -0.3 is 9.47 Å². The third-order valence-electron chi connectivity index (χ3n) is 5.76. The number of nitro benzene ring substituents is 1. The predicted molar refractivity (Wildman–Crippen MR) is 148 cm³/mol. The van der Waals surface area contributed by atoms with Gasteiger partial charge in [-0.1, -0.05) is 54.2 Å². The van der Waals surface area contributed by atoms with Crippen LogP contribution in [0, 0.1) is 15.5 Å². The van der Waals surface area contributed by atoms with Gasteiger partial charge in [-0.2, -0.15) is 4.99 Å². The number of ether oxygens (including phenoxy) is 2. The number of non-ortho nitro benzene ring substituents is 1. The van der Waals surface area contributed by atoms with Gasteiger partial charge in [0.05, 0.1) is 28.4 Å². The number of fused-ring (bicyclic) bond motifs is 1. The molecule has 0 atom stereocenters. The molecule has 1 amide bonds. The largest absolute Gasteiger partial charge is 0.490 e. The molecule has 194 valence electrons. The molecule has 2 aliphatic rings. The molecular weight excluding hydrogens is 520 g/mol. The molecule has 0 radical (unpaired) electrons. The number of carbonyl (C=O) groups is 2. The Kier molecular flexibility index (Phi) is 7.06. The zero-order valence-electron chi connectivity index (χ0n) is 20.5. The maximum atomic E-state index is 12.8. The molecule has 1 N–H and O–H groups in total. The fourth-order valence-electron chi connectivity index (χ4n) is 3.95. The summed E-state index contributed by atoms with van der Waals surface area (Å²) in [4.78, 5) is 41.8. The van der Waals surface area contributed by atoms with Crippen LogP contribution >= 0.6 is 11.8 Å². The van der Waals surface area contributed by atoms with E-state index in [1.165, 1.54) is 42.1 Å². The van der Waals surface area contributed by atoms with Gasteiger partial charge in [-0.25, -0.2) is 4.79 Å². The maximum Gasteiger partial charge on any atom is 0.343 e. The first kappa shape index (κ1) is 25.6. The van der Waals surface area contributed by atoms with Crippen LogP contribution in [0.15, 0.2) is 88.8 Å². The van der Waals surface area contributed by atoms with E-state index >= 15 is 0 Å². The summed E-state index contributed by atoms with van der Waals surface area (Å²) in [5.41, 5.74) is 2.04. The molecule has 0 bridgehead atoms. The van der Waals surface area contributed by atoms with Crippen LogP contribution in [0.3, 0.4) is 0 Å². The molecule has 39 heavy (non-hydrogen) atoms. The third kappa shape index (κ3) is 5.20. The molecule has 0 aliphatic carbocycles. The first-order valence-electron chi connectivity index (χ1n) is 11.7. The van der Waals surface area contributed by atoms with Gasteiger partial charge in [0.1, 0.15) is 5.84 Å². The molecule has 2 heterocycles. The molecule has 3 aromatic carbocycles. The molecular formula is C28H20N4O6S. The van der Waals surface area contributed by atoms with Crippen molar-refractivity contribution in [2.75, 3.05) is 6.61 Å². The highest BCUT2D eigenvalue weighted by atomic mass is 32.2. The molecule has 0 spiro atoms. The van der Waals surface area contributed by atoms with Gasteiger partial charge in [0, 0.05) is 17.5 Å². The highest BCUT2D eigenvalue weighted by Crippen LogP contribution is 2.38. The summed E-state index contributed by atoms with van der Waals surface area (Å²) in [5, 5.41) is 22.1. The van der Waals surface area contributed by atoms with Gasteiger partial charge in [-0.05, 0) is 42.3 Å². The number of nitrogens with zero attached hydrogens (tertiary/aromatic N) is 3. The van der Waals surface area contributed by atoms with Gasteiger partial charge in [0.15, 0.2) is 16.7 Å². The number of thioether (sulfide) groups is 1. The number of rotatable bonds is 7. The average Bonchev–Trinajstić information content (AvgIpc) is 3.37. The lowest BCUT2D eigenvalue weighted by molar-refractivity contribution is -0.384. The van der Waals surface area contributed by atoms with Crippen molar-refractivity contribution in [3.8, 4) is 11.5 Å². The number of esters is 1. The molecule has 0 unspecified atom stereocenters. The van der Waals surface area contributed by atoms with E-state index in [0.29, 0.717) is 10.7 Å². The summed E-state index contributed by atoms with van der Waals surface area (Å²) in [6.07, 6.45) is 1.53. The van der Waals surface area contributed by atoms with Crippen molar-refractivity contribution >= 4 is 52.1 Å². The number of hydrogen-bond acceptors (Lipinski definition) is 8. The Morgan fingerprint density at radius 2 is 1.90 bits per heavy atom. The molecule has 0 saturated heterocycles. The predicted octanol–water partition coefficient (Wildman–Crippen LogP) is 5.52. The van der Waals surface area contributed by atoms with Crippen molar-refractivity contribution in [1.82, 2.24) is 4.90 Å².